The van der Waals surface area contributed by atoms with Gasteiger partial charge < -0.3 is 0 Å². The molecule has 0 aliphatic carbocycles. The highest BCUT2D eigenvalue weighted by Gasteiger charge is 1.93. The predicted molar refractivity (Wildman–Crippen MR) is 75.5 cm³/mol. The van der Waals surface area contributed by atoms with Crippen LogP contribution in [0, 0.1) is 0 Å². The zero-order chi connectivity index (χ0) is 12.1. The number of hydrogen-bond acceptors (Lipinski definition) is 5. The first kappa shape index (κ1) is 23.0. The molecule has 6 N–H and O–H groups in total. The first-order chi connectivity index (χ1) is 7.73. The molecule has 0 atom stereocenters. The maximum absolute atomic E-state index is 8.70. The van der Waals surface area contributed by atoms with E-state index >= 15 is 0 Å². The summed E-state index contributed by atoms with van der Waals surface area (Å²) in [6.07, 6.45) is 7.98. The number of nitrogens with one attached hydrogen (secondary N) is 4. The Bertz CT molecular complexity index is 128. The molecule has 1 saturated heterocycles. The Morgan fingerprint density at radius 3 is 1.33 bits per heavy atom. The zero-order valence-electron chi connectivity index (χ0n) is 9.41. The Morgan fingerprint density at radius 2 is 1.00 bits per heavy atom. The normalized spacial score (nSPS) is 17.4. The fraction of sp³-hybridized carbons (Fsp3) is 1.00. The van der Waals surface area contributed by atoms with Crippen molar-refractivity contribution in [2.24, 2.45) is 0 Å². The van der Waals surface area contributed by atoms with Gasteiger partial charge in [-0.05, 0) is 12.8 Å². The van der Waals surface area contributed by atoms with Gasteiger partial charge in [0.1, 0.15) is 0 Å². The van der Waals surface area contributed by atoms with Crippen LogP contribution in [-0.4, -0.2) is 22.9 Å². The third-order valence-corrected chi connectivity index (χ3v) is 2.09. The number of hydrogen-bond donors (Lipinski definition) is 6. The SMILES string of the molecule is C.C.C1CCCCNNNNCCC1.O=[P+](O)O. The molecule has 7 nitrogen and oxygen atoms in total. The molecule has 8 heteroatoms. The van der Waals surface area contributed by atoms with E-state index in [0.717, 1.165) is 13.1 Å². The third kappa shape index (κ3) is 24.9. The molecular weight excluding hydrogens is 255 g/mol. The quantitative estimate of drug-likeness (QED) is 0.373. The van der Waals surface area contributed by atoms with E-state index in [1.54, 1.807) is 0 Å². The van der Waals surface area contributed by atoms with E-state index < -0.39 is 8.25 Å². The van der Waals surface area contributed by atoms with Crippen molar-refractivity contribution in [3.05, 3.63) is 0 Å². The molecule has 1 heterocycles. The van der Waals surface area contributed by atoms with E-state index in [2.05, 4.69) is 21.9 Å². The maximum Gasteiger partial charge on any atom is 0.692 e. The molecule has 1 aliphatic heterocycles. The summed E-state index contributed by atoms with van der Waals surface area (Å²) in [4.78, 5) is 14.2. The molecule has 112 valence electrons. The molecule has 0 unspecified atom stereocenters. The standard InChI is InChI=1S/C8H20N4.2CH4.HO3P/c1-2-4-6-8-10-12-11-9-7-5-3-1;;;1-4(2)3/h9-12H,1-8H2;2*1H4;(H-,1,2,3)/p+1. The maximum atomic E-state index is 8.70. The molecule has 1 fully saturated rings. The van der Waals surface area contributed by atoms with Crippen LogP contribution >= 0.6 is 8.25 Å². The second-order valence-corrected chi connectivity index (χ2v) is 3.98. The van der Waals surface area contributed by atoms with Crippen LogP contribution in [0.25, 0.3) is 0 Å². The van der Waals surface area contributed by atoms with Crippen LogP contribution in [0.15, 0.2) is 0 Å². The monoisotopic (exact) mass is 285 g/mol. The first-order valence-electron chi connectivity index (χ1n) is 5.54. The minimum Gasteiger partial charge on any atom is -0.243 e. The van der Waals surface area contributed by atoms with Crippen LogP contribution in [0.2, 0.25) is 0 Å². The average molecular weight is 285 g/mol. The van der Waals surface area contributed by atoms with E-state index in [-0.39, 0.29) is 14.9 Å². The summed E-state index contributed by atoms with van der Waals surface area (Å²) in [6.45, 7) is 2.07. The fourth-order valence-corrected chi connectivity index (χ4v) is 1.35. The molecule has 1 rings (SSSR count). The topological polar surface area (TPSA) is 106 Å². The van der Waals surface area contributed by atoms with Gasteiger partial charge in [-0.2, -0.15) is 11.1 Å². The highest BCUT2D eigenvalue weighted by atomic mass is 31.1. The number of hydrazine groups is 3. The molecule has 0 spiro atoms. The molecule has 0 aromatic carbocycles. The summed E-state index contributed by atoms with van der Waals surface area (Å²) in [5, 5.41) is 0. The molecule has 18 heavy (non-hydrogen) atoms. The van der Waals surface area contributed by atoms with E-state index in [1.807, 2.05) is 0 Å². The van der Waals surface area contributed by atoms with Crippen LogP contribution in [0.3, 0.4) is 0 Å². The summed E-state index contributed by atoms with van der Waals surface area (Å²) in [7, 11) is -2.87. The van der Waals surface area contributed by atoms with E-state index in [4.69, 9.17) is 14.4 Å². The lowest BCUT2D eigenvalue weighted by atomic mass is 10.1. The molecule has 1 aliphatic rings. The van der Waals surface area contributed by atoms with Crippen molar-refractivity contribution in [1.29, 1.82) is 0 Å². The van der Waals surface area contributed by atoms with E-state index in [9.17, 15) is 0 Å². The van der Waals surface area contributed by atoms with Gasteiger partial charge in [0.25, 0.3) is 0 Å². The van der Waals surface area contributed by atoms with Crippen molar-refractivity contribution in [3.63, 3.8) is 0 Å². The minimum absolute atomic E-state index is 0. The summed E-state index contributed by atoms with van der Waals surface area (Å²) < 4.78 is 8.70. The fourth-order valence-electron chi connectivity index (χ4n) is 1.35. The van der Waals surface area contributed by atoms with Crippen molar-refractivity contribution in [3.8, 4) is 0 Å². The van der Waals surface area contributed by atoms with Crippen LogP contribution in [0.1, 0.15) is 53.4 Å². The van der Waals surface area contributed by atoms with Gasteiger partial charge in [-0.25, -0.2) is 10.9 Å². The second-order valence-electron chi connectivity index (χ2n) is 3.48. The van der Waals surface area contributed by atoms with Gasteiger partial charge in [-0.15, -0.1) is 9.79 Å². The first-order valence-corrected chi connectivity index (χ1v) is 6.70. The van der Waals surface area contributed by atoms with E-state index in [1.165, 1.54) is 38.5 Å². The lowest BCUT2D eigenvalue weighted by Crippen LogP contribution is -2.51. The van der Waals surface area contributed by atoms with Crippen molar-refractivity contribution in [2.75, 3.05) is 13.1 Å². The van der Waals surface area contributed by atoms with Gasteiger partial charge in [-0.3, -0.25) is 0 Å². The van der Waals surface area contributed by atoms with Gasteiger partial charge in [-0.1, -0.05) is 40.5 Å². The summed E-state index contributed by atoms with van der Waals surface area (Å²) in [6, 6.07) is 0. The van der Waals surface area contributed by atoms with Gasteiger partial charge in [0, 0.05) is 17.7 Å². The van der Waals surface area contributed by atoms with E-state index in [0.29, 0.717) is 0 Å². The van der Waals surface area contributed by atoms with Crippen molar-refractivity contribution in [1.82, 2.24) is 21.9 Å². The molecule has 0 amide bonds. The summed E-state index contributed by atoms with van der Waals surface area (Å²) >= 11 is 0. The Labute approximate surface area is 112 Å². The van der Waals surface area contributed by atoms with Gasteiger partial charge in [0.15, 0.2) is 0 Å². The van der Waals surface area contributed by atoms with Crippen molar-refractivity contribution < 1.29 is 14.4 Å². The van der Waals surface area contributed by atoms with Crippen LogP contribution in [-0.2, 0) is 4.57 Å². The summed E-state index contributed by atoms with van der Waals surface area (Å²) in [5.41, 5.74) is 11.9. The lowest BCUT2D eigenvalue weighted by molar-refractivity contribution is 0.354. The molecule has 0 radical (unpaired) electrons. The van der Waals surface area contributed by atoms with Crippen molar-refractivity contribution >= 4 is 8.25 Å². The molecule has 0 saturated carbocycles. The van der Waals surface area contributed by atoms with Gasteiger partial charge in [0.05, 0.1) is 0 Å². The smallest absolute Gasteiger partial charge is 0.243 e. The highest BCUT2D eigenvalue weighted by Crippen LogP contribution is 2.04. The Balaban J connectivity index is -0.000000332. The molecule has 0 aromatic rings. The Kier molecular flexibility index (Phi) is 24.5. The van der Waals surface area contributed by atoms with Crippen LogP contribution in [0.4, 0.5) is 0 Å². The Morgan fingerprint density at radius 1 is 0.722 bits per heavy atom. The van der Waals surface area contributed by atoms with Gasteiger partial charge in [0.2, 0.25) is 0 Å². The van der Waals surface area contributed by atoms with Gasteiger partial charge >= 0.3 is 8.25 Å². The van der Waals surface area contributed by atoms with Crippen LogP contribution in [0.5, 0.6) is 0 Å². The lowest BCUT2D eigenvalue weighted by Gasteiger charge is -2.11. The summed E-state index contributed by atoms with van der Waals surface area (Å²) in [5.74, 6) is 0. The predicted octanol–water partition coefficient (Wildman–Crippen LogP) is 1.34. The average Bonchev–Trinajstić information content (AvgIpc) is 2.17. The number of rotatable bonds is 0. The minimum atomic E-state index is -2.87. The zero-order valence-corrected chi connectivity index (χ0v) is 10.3. The molecule has 0 bridgehead atoms. The largest absolute Gasteiger partial charge is 0.692 e. The second kappa shape index (κ2) is 19.2. The highest BCUT2D eigenvalue weighted by molar-refractivity contribution is 7.30. The molecule has 0 aromatic heterocycles. The van der Waals surface area contributed by atoms with Crippen molar-refractivity contribution in [2.45, 2.75) is 53.4 Å². The third-order valence-electron chi connectivity index (χ3n) is 2.09. The van der Waals surface area contributed by atoms with Crippen LogP contribution < -0.4 is 21.9 Å². The Hall–Kier alpha value is -0.140. The molecular formula is C10H30N4O3P+.